The molecule has 1 aromatic rings. The van der Waals surface area contributed by atoms with Gasteiger partial charge in [-0.05, 0) is 12.1 Å². The zero-order valence-electron chi connectivity index (χ0n) is 11.2. The van der Waals surface area contributed by atoms with Crippen LogP contribution in [0.25, 0.3) is 0 Å². The highest BCUT2D eigenvalue weighted by Crippen LogP contribution is 2.30. The van der Waals surface area contributed by atoms with Crippen LogP contribution in [-0.2, 0) is 14.8 Å². The first-order chi connectivity index (χ1) is 10.0. The topological polar surface area (TPSA) is 89.7 Å². The fourth-order valence-electron chi connectivity index (χ4n) is 2.32. The third kappa shape index (κ3) is 4.60. The predicted octanol–water partition coefficient (Wildman–Crippen LogP) is 1.23. The lowest BCUT2D eigenvalue weighted by Crippen LogP contribution is -2.27. The Hall–Kier alpha value is -1.81. The van der Waals surface area contributed by atoms with E-state index in [9.17, 15) is 26.4 Å². The van der Waals surface area contributed by atoms with E-state index in [4.69, 9.17) is 5.14 Å². The predicted molar refractivity (Wildman–Crippen MR) is 71.6 cm³/mol. The van der Waals surface area contributed by atoms with Crippen molar-refractivity contribution in [1.29, 1.82) is 0 Å². The molecule has 0 saturated carbocycles. The number of rotatable bonds is 4. The Balaban J connectivity index is 2.15. The molecule has 10 heteroatoms. The summed E-state index contributed by atoms with van der Waals surface area (Å²) in [6.07, 6.45) is -4.86. The first-order valence-electron chi connectivity index (χ1n) is 6.20. The number of hydrogen-bond acceptors (Lipinski definition) is 4. The Kier molecular flexibility index (Phi) is 4.34. The summed E-state index contributed by atoms with van der Waals surface area (Å²) in [7, 11) is -3.72. The van der Waals surface area contributed by atoms with Crippen LogP contribution < -0.4 is 14.8 Å². The molecule has 1 aliphatic rings. The number of ether oxygens (including phenoxy) is 1. The van der Waals surface area contributed by atoms with Gasteiger partial charge in [0.2, 0.25) is 15.9 Å². The van der Waals surface area contributed by atoms with Crippen molar-refractivity contribution >= 4 is 21.6 Å². The molecule has 1 aliphatic heterocycles. The van der Waals surface area contributed by atoms with E-state index in [1.165, 1.54) is 17.0 Å². The number of anilines is 1. The van der Waals surface area contributed by atoms with Gasteiger partial charge in [-0.3, -0.25) is 4.79 Å². The fraction of sp³-hybridized carbons (Fsp3) is 0.417. The van der Waals surface area contributed by atoms with E-state index in [1.807, 2.05) is 0 Å². The lowest BCUT2D eigenvalue weighted by Gasteiger charge is -2.18. The van der Waals surface area contributed by atoms with Gasteiger partial charge in [-0.25, -0.2) is 13.6 Å². The van der Waals surface area contributed by atoms with Crippen molar-refractivity contribution in [1.82, 2.24) is 0 Å². The summed E-state index contributed by atoms with van der Waals surface area (Å²) in [5.74, 6) is -1.67. The third-order valence-electron chi connectivity index (χ3n) is 3.04. The number of carbonyl (C=O) groups is 1. The lowest BCUT2D eigenvalue weighted by molar-refractivity contribution is -0.274. The fourth-order valence-corrected chi connectivity index (χ4v) is 3.20. The van der Waals surface area contributed by atoms with Crippen LogP contribution in [0.15, 0.2) is 24.3 Å². The zero-order valence-corrected chi connectivity index (χ0v) is 12.0. The molecule has 2 N–H and O–H groups in total. The Bertz CT molecular complexity index is 675. The van der Waals surface area contributed by atoms with Gasteiger partial charge in [-0.1, -0.05) is 6.07 Å². The standard InChI is InChI=1S/C12H13F3N2O4S/c13-12(14,15)21-10-3-1-2-9(5-10)17-6-8(4-11(17)18)7-22(16,19)20/h1-3,5,8H,4,6-7H2,(H2,16,19,20). The largest absolute Gasteiger partial charge is 0.573 e. The minimum Gasteiger partial charge on any atom is -0.406 e. The monoisotopic (exact) mass is 338 g/mol. The highest BCUT2D eigenvalue weighted by Gasteiger charge is 2.34. The Labute approximate surface area is 124 Å². The van der Waals surface area contributed by atoms with Gasteiger partial charge in [0.1, 0.15) is 5.75 Å². The molecule has 6 nitrogen and oxygen atoms in total. The number of nitrogens with zero attached hydrogens (tertiary/aromatic N) is 1. The maximum atomic E-state index is 12.2. The molecule has 1 heterocycles. The van der Waals surface area contributed by atoms with Crippen LogP contribution in [-0.4, -0.2) is 33.0 Å². The average molecular weight is 338 g/mol. The number of halogens is 3. The van der Waals surface area contributed by atoms with Crippen LogP contribution in [0.3, 0.4) is 0 Å². The van der Waals surface area contributed by atoms with Crippen molar-refractivity contribution in [2.45, 2.75) is 12.8 Å². The second-order valence-electron chi connectivity index (χ2n) is 4.95. The molecular weight excluding hydrogens is 325 g/mol. The van der Waals surface area contributed by atoms with Gasteiger partial charge in [0.15, 0.2) is 0 Å². The molecule has 0 bridgehead atoms. The van der Waals surface area contributed by atoms with Crippen molar-refractivity contribution in [2.24, 2.45) is 11.1 Å². The van der Waals surface area contributed by atoms with Crippen molar-refractivity contribution in [2.75, 3.05) is 17.2 Å². The summed E-state index contributed by atoms with van der Waals surface area (Å²) in [6.45, 7) is 0.0741. The molecule has 1 fully saturated rings. The van der Waals surface area contributed by atoms with E-state index in [1.54, 1.807) is 0 Å². The molecule has 0 aliphatic carbocycles. The molecule has 0 aromatic heterocycles. The number of benzene rings is 1. The molecule has 2 rings (SSSR count). The van der Waals surface area contributed by atoms with E-state index in [0.717, 1.165) is 12.1 Å². The van der Waals surface area contributed by atoms with Crippen LogP contribution in [0.2, 0.25) is 0 Å². The maximum Gasteiger partial charge on any atom is 0.573 e. The average Bonchev–Trinajstić information content (AvgIpc) is 2.65. The van der Waals surface area contributed by atoms with E-state index in [-0.39, 0.29) is 30.3 Å². The van der Waals surface area contributed by atoms with E-state index >= 15 is 0 Å². The SMILES string of the molecule is NS(=O)(=O)CC1CC(=O)N(c2cccc(OC(F)(F)F)c2)C1. The molecule has 22 heavy (non-hydrogen) atoms. The Morgan fingerprint density at radius 3 is 2.64 bits per heavy atom. The third-order valence-corrected chi connectivity index (χ3v) is 3.97. The van der Waals surface area contributed by atoms with E-state index in [2.05, 4.69) is 4.74 Å². The second kappa shape index (κ2) is 5.76. The molecule has 1 saturated heterocycles. The molecule has 1 atom stereocenters. The zero-order chi connectivity index (χ0) is 16.5. The number of alkyl halides is 3. The molecular formula is C12H13F3N2O4S. The summed E-state index contributed by atoms with van der Waals surface area (Å²) < 4.78 is 62.5. The van der Waals surface area contributed by atoms with E-state index in [0.29, 0.717) is 0 Å². The highest BCUT2D eigenvalue weighted by atomic mass is 32.2. The van der Waals surface area contributed by atoms with Gasteiger partial charge in [-0.15, -0.1) is 13.2 Å². The molecule has 122 valence electrons. The first kappa shape index (κ1) is 16.6. The number of hydrogen-bond donors (Lipinski definition) is 1. The van der Waals surface area contributed by atoms with Crippen molar-refractivity contribution in [3.63, 3.8) is 0 Å². The van der Waals surface area contributed by atoms with Gasteiger partial charge in [0.05, 0.1) is 5.75 Å². The molecule has 1 unspecified atom stereocenters. The first-order valence-corrected chi connectivity index (χ1v) is 7.92. The maximum absolute atomic E-state index is 12.2. The summed E-state index contributed by atoms with van der Waals surface area (Å²) in [4.78, 5) is 13.1. The van der Waals surface area contributed by atoms with Crippen LogP contribution in [0.4, 0.5) is 18.9 Å². The van der Waals surface area contributed by atoms with Crippen LogP contribution in [0, 0.1) is 5.92 Å². The lowest BCUT2D eigenvalue weighted by atomic mass is 10.1. The summed E-state index contributed by atoms with van der Waals surface area (Å²) in [5, 5.41) is 4.94. The summed E-state index contributed by atoms with van der Waals surface area (Å²) >= 11 is 0. The highest BCUT2D eigenvalue weighted by molar-refractivity contribution is 7.89. The van der Waals surface area contributed by atoms with Crippen LogP contribution in [0.1, 0.15) is 6.42 Å². The minimum atomic E-state index is -4.83. The Morgan fingerprint density at radius 1 is 1.36 bits per heavy atom. The van der Waals surface area contributed by atoms with Crippen LogP contribution in [0.5, 0.6) is 5.75 Å². The van der Waals surface area contributed by atoms with Crippen molar-refractivity contribution < 1.29 is 31.1 Å². The number of primary sulfonamides is 1. The number of amides is 1. The molecule has 0 spiro atoms. The number of nitrogens with two attached hydrogens (primary N) is 1. The quantitative estimate of drug-likeness (QED) is 0.894. The van der Waals surface area contributed by atoms with Crippen molar-refractivity contribution in [3.8, 4) is 5.75 Å². The second-order valence-corrected chi connectivity index (χ2v) is 6.61. The van der Waals surface area contributed by atoms with Gasteiger partial charge in [0.25, 0.3) is 0 Å². The smallest absolute Gasteiger partial charge is 0.406 e. The van der Waals surface area contributed by atoms with Gasteiger partial charge in [-0.2, -0.15) is 0 Å². The Morgan fingerprint density at radius 2 is 2.05 bits per heavy atom. The van der Waals surface area contributed by atoms with Crippen molar-refractivity contribution in [3.05, 3.63) is 24.3 Å². The molecule has 1 amide bonds. The van der Waals surface area contributed by atoms with E-state index < -0.39 is 28.1 Å². The van der Waals surface area contributed by atoms with Gasteiger partial charge < -0.3 is 9.64 Å². The van der Waals surface area contributed by atoms with Gasteiger partial charge >= 0.3 is 6.36 Å². The molecule has 0 radical (unpaired) electrons. The van der Waals surface area contributed by atoms with Gasteiger partial charge in [0, 0.05) is 30.6 Å². The molecule has 1 aromatic carbocycles. The summed E-state index contributed by atoms with van der Waals surface area (Å²) in [6, 6.07) is 4.95. The normalized spacial score (nSPS) is 19.5. The minimum absolute atomic E-state index is 0.0270. The van der Waals surface area contributed by atoms with Crippen LogP contribution >= 0.6 is 0 Å². The number of carbonyl (C=O) groups excluding carboxylic acids is 1. The summed E-state index contributed by atoms with van der Waals surface area (Å²) in [5.41, 5.74) is 0.212. The number of sulfonamides is 1.